The standard InChI is InChI=1S/C15H14BrFN2O4S/c1-9(20)18-10-3-5-13(17)14(7-10)19-24(21,22)11-4-6-15(23-2)12(16)8-11/h3-8,19H,1-2H3,(H,18,20). The summed E-state index contributed by atoms with van der Waals surface area (Å²) >= 11 is 3.20. The third-order valence-corrected chi connectivity index (χ3v) is 4.95. The number of ether oxygens (including phenoxy) is 1. The van der Waals surface area contributed by atoms with Gasteiger partial charge in [0.25, 0.3) is 10.0 Å². The quantitative estimate of drug-likeness (QED) is 0.782. The van der Waals surface area contributed by atoms with Gasteiger partial charge in [-0.05, 0) is 52.3 Å². The van der Waals surface area contributed by atoms with E-state index < -0.39 is 15.8 Å². The van der Waals surface area contributed by atoms with Gasteiger partial charge in [-0.25, -0.2) is 12.8 Å². The first kappa shape index (κ1) is 18.2. The van der Waals surface area contributed by atoms with Crippen LogP contribution < -0.4 is 14.8 Å². The molecule has 0 fully saturated rings. The molecule has 0 aromatic heterocycles. The molecule has 0 saturated heterocycles. The summed E-state index contributed by atoms with van der Waals surface area (Å²) in [6, 6.07) is 7.75. The van der Waals surface area contributed by atoms with Crippen molar-refractivity contribution in [2.75, 3.05) is 17.1 Å². The van der Waals surface area contributed by atoms with Crippen molar-refractivity contribution in [2.24, 2.45) is 0 Å². The van der Waals surface area contributed by atoms with E-state index in [9.17, 15) is 17.6 Å². The van der Waals surface area contributed by atoms with Crippen LogP contribution in [0.15, 0.2) is 45.8 Å². The van der Waals surface area contributed by atoms with E-state index in [2.05, 4.69) is 26.0 Å². The SMILES string of the molecule is COc1ccc(S(=O)(=O)Nc2cc(NC(C)=O)ccc2F)cc1Br. The molecule has 0 aliphatic rings. The van der Waals surface area contributed by atoms with Gasteiger partial charge in [0.1, 0.15) is 11.6 Å². The van der Waals surface area contributed by atoms with E-state index in [0.29, 0.717) is 10.2 Å². The van der Waals surface area contributed by atoms with Gasteiger partial charge in [-0.3, -0.25) is 9.52 Å². The van der Waals surface area contributed by atoms with Crippen LogP contribution in [0.5, 0.6) is 5.75 Å². The lowest BCUT2D eigenvalue weighted by Crippen LogP contribution is -2.15. The zero-order valence-electron chi connectivity index (χ0n) is 12.8. The molecule has 2 N–H and O–H groups in total. The van der Waals surface area contributed by atoms with Crippen LogP contribution in [-0.4, -0.2) is 21.4 Å². The molecule has 9 heteroatoms. The lowest BCUT2D eigenvalue weighted by molar-refractivity contribution is -0.114. The molecule has 2 aromatic rings. The lowest BCUT2D eigenvalue weighted by atomic mass is 10.2. The number of carbonyl (C=O) groups is 1. The number of hydrogen-bond acceptors (Lipinski definition) is 4. The molecule has 0 unspecified atom stereocenters. The number of benzene rings is 2. The predicted octanol–water partition coefficient (Wildman–Crippen LogP) is 3.36. The van der Waals surface area contributed by atoms with Crippen molar-refractivity contribution in [3.63, 3.8) is 0 Å². The van der Waals surface area contributed by atoms with Gasteiger partial charge in [0.2, 0.25) is 5.91 Å². The maximum Gasteiger partial charge on any atom is 0.262 e. The number of anilines is 2. The van der Waals surface area contributed by atoms with Crippen molar-refractivity contribution in [3.8, 4) is 5.75 Å². The number of carbonyl (C=O) groups excluding carboxylic acids is 1. The second-order valence-electron chi connectivity index (χ2n) is 4.78. The molecule has 0 bridgehead atoms. The molecule has 0 radical (unpaired) electrons. The minimum atomic E-state index is -4.02. The zero-order valence-corrected chi connectivity index (χ0v) is 15.2. The Morgan fingerprint density at radius 3 is 2.50 bits per heavy atom. The zero-order chi connectivity index (χ0) is 17.9. The van der Waals surface area contributed by atoms with E-state index in [1.54, 1.807) is 0 Å². The molecule has 2 rings (SSSR count). The summed E-state index contributed by atoms with van der Waals surface area (Å²) in [4.78, 5) is 11.0. The number of halogens is 2. The summed E-state index contributed by atoms with van der Waals surface area (Å²) in [5, 5.41) is 2.46. The molecule has 128 valence electrons. The van der Waals surface area contributed by atoms with Crippen molar-refractivity contribution >= 4 is 43.2 Å². The van der Waals surface area contributed by atoms with Crippen LogP contribution in [0.2, 0.25) is 0 Å². The molecule has 24 heavy (non-hydrogen) atoms. The van der Waals surface area contributed by atoms with Crippen molar-refractivity contribution in [1.82, 2.24) is 0 Å². The second kappa shape index (κ2) is 7.18. The Kier molecular flexibility index (Phi) is 5.45. The maximum absolute atomic E-state index is 13.9. The Hall–Kier alpha value is -2.13. The normalized spacial score (nSPS) is 11.0. The Balaban J connectivity index is 2.35. The van der Waals surface area contributed by atoms with Crippen molar-refractivity contribution in [1.29, 1.82) is 0 Å². The van der Waals surface area contributed by atoms with Crippen LogP contribution >= 0.6 is 15.9 Å². The van der Waals surface area contributed by atoms with Crippen molar-refractivity contribution in [3.05, 3.63) is 46.7 Å². The van der Waals surface area contributed by atoms with Gasteiger partial charge in [0.05, 0.1) is 22.2 Å². The summed E-state index contributed by atoms with van der Waals surface area (Å²) in [5.74, 6) is -0.650. The fraction of sp³-hybridized carbons (Fsp3) is 0.133. The van der Waals surface area contributed by atoms with E-state index in [1.165, 1.54) is 44.4 Å². The third kappa shape index (κ3) is 4.24. The fourth-order valence-electron chi connectivity index (χ4n) is 1.90. The first-order chi connectivity index (χ1) is 11.2. The molecular weight excluding hydrogens is 403 g/mol. The van der Waals surface area contributed by atoms with E-state index in [-0.39, 0.29) is 22.2 Å². The summed E-state index contributed by atoms with van der Waals surface area (Å²) in [6.45, 7) is 1.29. The predicted molar refractivity (Wildman–Crippen MR) is 92.2 cm³/mol. The minimum absolute atomic E-state index is 0.0699. The highest BCUT2D eigenvalue weighted by Crippen LogP contribution is 2.29. The lowest BCUT2D eigenvalue weighted by Gasteiger charge is -2.12. The Morgan fingerprint density at radius 2 is 1.92 bits per heavy atom. The third-order valence-electron chi connectivity index (χ3n) is 2.96. The monoisotopic (exact) mass is 416 g/mol. The van der Waals surface area contributed by atoms with Crippen molar-refractivity contribution in [2.45, 2.75) is 11.8 Å². The average Bonchev–Trinajstić information content (AvgIpc) is 2.49. The molecule has 0 saturated carbocycles. The van der Waals surface area contributed by atoms with E-state index in [1.807, 2.05) is 0 Å². The number of amides is 1. The van der Waals surface area contributed by atoms with Gasteiger partial charge in [-0.15, -0.1) is 0 Å². The summed E-state index contributed by atoms with van der Waals surface area (Å²) in [7, 11) is -2.56. The van der Waals surface area contributed by atoms with Gasteiger partial charge in [-0.1, -0.05) is 0 Å². The van der Waals surface area contributed by atoms with Crippen LogP contribution in [0.1, 0.15) is 6.92 Å². The molecule has 0 aliphatic heterocycles. The van der Waals surface area contributed by atoms with Crippen LogP contribution in [-0.2, 0) is 14.8 Å². The van der Waals surface area contributed by atoms with Gasteiger partial charge in [-0.2, -0.15) is 0 Å². The maximum atomic E-state index is 13.9. The molecule has 6 nitrogen and oxygen atoms in total. The highest BCUT2D eigenvalue weighted by atomic mass is 79.9. The molecular formula is C15H14BrFN2O4S. The Bertz CT molecular complexity index is 887. The Morgan fingerprint density at radius 1 is 1.21 bits per heavy atom. The molecule has 0 atom stereocenters. The van der Waals surface area contributed by atoms with Gasteiger partial charge in [0, 0.05) is 12.6 Å². The highest BCUT2D eigenvalue weighted by molar-refractivity contribution is 9.10. The van der Waals surface area contributed by atoms with E-state index in [0.717, 1.165) is 6.07 Å². The molecule has 2 aromatic carbocycles. The topological polar surface area (TPSA) is 84.5 Å². The molecule has 0 heterocycles. The number of hydrogen-bond donors (Lipinski definition) is 2. The summed E-state index contributed by atoms with van der Waals surface area (Å²) < 4.78 is 46.4. The number of rotatable bonds is 5. The van der Waals surface area contributed by atoms with Crippen molar-refractivity contribution < 1.29 is 22.3 Å². The van der Waals surface area contributed by atoms with Crippen LogP contribution in [0.3, 0.4) is 0 Å². The fourth-order valence-corrected chi connectivity index (χ4v) is 3.68. The number of methoxy groups -OCH3 is 1. The van der Waals surface area contributed by atoms with Crippen LogP contribution in [0.4, 0.5) is 15.8 Å². The molecule has 1 amide bonds. The minimum Gasteiger partial charge on any atom is -0.496 e. The Labute approximate surface area is 147 Å². The first-order valence-electron chi connectivity index (χ1n) is 6.66. The van der Waals surface area contributed by atoms with Gasteiger partial charge < -0.3 is 10.1 Å². The summed E-state index contributed by atoms with van der Waals surface area (Å²) in [6.07, 6.45) is 0. The smallest absolute Gasteiger partial charge is 0.262 e. The van der Waals surface area contributed by atoms with Gasteiger partial charge in [0.15, 0.2) is 0 Å². The average molecular weight is 417 g/mol. The van der Waals surface area contributed by atoms with Crippen LogP contribution in [0, 0.1) is 5.82 Å². The highest BCUT2D eigenvalue weighted by Gasteiger charge is 2.18. The van der Waals surface area contributed by atoms with E-state index in [4.69, 9.17) is 4.74 Å². The van der Waals surface area contributed by atoms with Crippen LogP contribution in [0.25, 0.3) is 0 Å². The molecule has 0 spiro atoms. The molecule has 0 aliphatic carbocycles. The second-order valence-corrected chi connectivity index (χ2v) is 7.31. The van der Waals surface area contributed by atoms with Gasteiger partial charge >= 0.3 is 0 Å². The van der Waals surface area contributed by atoms with E-state index >= 15 is 0 Å². The summed E-state index contributed by atoms with van der Waals surface area (Å²) in [5.41, 5.74) is 0.00528. The largest absolute Gasteiger partial charge is 0.496 e. The first-order valence-corrected chi connectivity index (χ1v) is 8.94. The number of sulfonamides is 1. The number of nitrogens with one attached hydrogen (secondary N) is 2.